The number of piperidine rings is 1. The van der Waals surface area contributed by atoms with Gasteiger partial charge in [0.25, 0.3) is 0 Å². The zero-order valence-corrected chi connectivity index (χ0v) is 11.6. The fourth-order valence-corrected chi connectivity index (χ4v) is 2.66. The molecule has 1 fully saturated rings. The molecule has 1 atom stereocenters. The lowest BCUT2D eigenvalue weighted by Crippen LogP contribution is -2.35. The fourth-order valence-electron chi connectivity index (χ4n) is 2.66. The number of hydrogen-bond acceptors (Lipinski definition) is 4. The SMILES string of the molecule is CCN1CCCC(Cc2ncc(CCNC)o2)C1. The third-order valence-corrected chi connectivity index (χ3v) is 3.74. The Labute approximate surface area is 110 Å². The third-order valence-electron chi connectivity index (χ3n) is 3.74. The Morgan fingerprint density at radius 2 is 2.44 bits per heavy atom. The van der Waals surface area contributed by atoms with Crippen LogP contribution in [0.3, 0.4) is 0 Å². The number of likely N-dealkylation sites (tertiary alicyclic amines) is 1. The lowest BCUT2D eigenvalue weighted by Gasteiger charge is -2.31. The minimum absolute atomic E-state index is 0.717. The largest absolute Gasteiger partial charge is 0.446 e. The third kappa shape index (κ3) is 3.82. The highest BCUT2D eigenvalue weighted by atomic mass is 16.4. The van der Waals surface area contributed by atoms with Gasteiger partial charge < -0.3 is 14.6 Å². The van der Waals surface area contributed by atoms with Crippen LogP contribution in [0.1, 0.15) is 31.4 Å². The van der Waals surface area contributed by atoms with E-state index < -0.39 is 0 Å². The van der Waals surface area contributed by atoms with E-state index in [1.54, 1.807) is 0 Å². The molecule has 1 unspecified atom stereocenters. The Balaban J connectivity index is 1.83. The van der Waals surface area contributed by atoms with Gasteiger partial charge in [-0.2, -0.15) is 0 Å². The molecular formula is C14H25N3O. The van der Waals surface area contributed by atoms with Gasteiger partial charge in [0.15, 0.2) is 5.89 Å². The molecule has 102 valence electrons. The van der Waals surface area contributed by atoms with Gasteiger partial charge in [-0.1, -0.05) is 6.92 Å². The van der Waals surface area contributed by atoms with Crippen molar-refractivity contribution in [2.75, 3.05) is 33.2 Å². The lowest BCUT2D eigenvalue weighted by atomic mass is 9.95. The molecule has 4 heteroatoms. The summed E-state index contributed by atoms with van der Waals surface area (Å²) in [4.78, 5) is 6.93. The molecular weight excluding hydrogens is 226 g/mol. The molecule has 0 amide bonds. The summed E-state index contributed by atoms with van der Waals surface area (Å²) in [5, 5.41) is 3.13. The van der Waals surface area contributed by atoms with Gasteiger partial charge in [-0.25, -0.2) is 4.98 Å². The first kappa shape index (κ1) is 13.6. The first-order chi connectivity index (χ1) is 8.81. The Hall–Kier alpha value is -0.870. The van der Waals surface area contributed by atoms with Crippen LogP contribution in [0.5, 0.6) is 0 Å². The van der Waals surface area contributed by atoms with Crippen LogP contribution in [-0.4, -0.2) is 43.1 Å². The van der Waals surface area contributed by atoms with Gasteiger partial charge in [0.05, 0.1) is 6.20 Å². The van der Waals surface area contributed by atoms with E-state index in [4.69, 9.17) is 4.42 Å². The van der Waals surface area contributed by atoms with Crippen LogP contribution < -0.4 is 5.32 Å². The van der Waals surface area contributed by atoms with Gasteiger partial charge in [0, 0.05) is 25.9 Å². The van der Waals surface area contributed by atoms with Crippen molar-refractivity contribution in [2.24, 2.45) is 5.92 Å². The van der Waals surface area contributed by atoms with E-state index in [1.807, 2.05) is 13.2 Å². The first-order valence-electron chi connectivity index (χ1n) is 7.12. The van der Waals surface area contributed by atoms with E-state index in [1.165, 1.54) is 25.9 Å². The molecule has 18 heavy (non-hydrogen) atoms. The zero-order chi connectivity index (χ0) is 12.8. The van der Waals surface area contributed by atoms with Crippen LogP contribution in [-0.2, 0) is 12.8 Å². The minimum Gasteiger partial charge on any atom is -0.446 e. The van der Waals surface area contributed by atoms with Crippen molar-refractivity contribution in [3.05, 3.63) is 17.8 Å². The number of rotatable bonds is 6. The number of aromatic nitrogens is 1. The van der Waals surface area contributed by atoms with Crippen molar-refractivity contribution in [2.45, 2.75) is 32.6 Å². The normalized spacial score (nSPS) is 21.3. The first-order valence-corrected chi connectivity index (χ1v) is 7.12. The van der Waals surface area contributed by atoms with Gasteiger partial charge in [0.2, 0.25) is 0 Å². The summed E-state index contributed by atoms with van der Waals surface area (Å²) in [5.41, 5.74) is 0. The molecule has 0 radical (unpaired) electrons. The predicted octanol–water partition coefficient (Wildman–Crippen LogP) is 1.71. The summed E-state index contributed by atoms with van der Waals surface area (Å²) < 4.78 is 5.79. The van der Waals surface area contributed by atoms with Crippen LogP contribution in [0.25, 0.3) is 0 Å². The Kier molecular flexibility index (Phi) is 5.20. The van der Waals surface area contributed by atoms with Crippen molar-refractivity contribution >= 4 is 0 Å². The van der Waals surface area contributed by atoms with E-state index in [9.17, 15) is 0 Å². The van der Waals surface area contributed by atoms with E-state index in [0.29, 0.717) is 0 Å². The van der Waals surface area contributed by atoms with Crippen molar-refractivity contribution in [1.29, 1.82) is 0 Å². The van der Waals surface area contributed by atoms with Crippen molar-refractivity contribution < 1.29 is 4.42 Å². The van der Waals surface area contributed by atoms with Crippen LogP contribution >= 0.6 is 0 Å². The van der Waals surface area contributed by atoms with E-state index >= 15 is 0 Å². The van der Waals surface area contributed by atoms with Crippen molar-refractivity contribution in [3.8, 4) is 0 Å². The molecule has 0 aliphatic carbocycles. The van der Waals surface area contributed by atoms with Crippen LogP contribution in [0.4, 0.5) is 0 Å². The summed E-state index contributed by atoms with van der Waals surface area (Å²) in [6.45, 7) is 6.80. The van der Waals surface area contributed by atoms with Gasteiger partial charge in [0.1, 0.15) is 5.76 Å². The number of likely N-dealkylation sites (N-methyl/N-ethyl adjacent to an activating group) is 1. The molecule has 1 saturated heterocycles. The Bertz CT molecular complexity index is 351. The highest BCUT2D eigenvalue weighted by Crippen LogP contribution is 2.20. The van der Waals surface area contributed by atoms with Crippen molar-refractivity contribution in [3.63, 3.8) is 0 Å². The summed E-state index contributed by atoms with van der Waals surface area (Å²) >= 11 is 0. The number of oxazole rings is 1. The zero-order valence-electron chi connectivity index (χ0n) is 11.6. The maximum atomic E-state index is 5.79. The van der Waals surface area contributed by atoms with E-state index in [-0.39, 0.29) is 0 Å². The second-order valence-corrected chi connectivity index (χ2v) is 5.18. The Morgan fingerprint density at radius 1 is 1.56 bits per heavy atom. The average molecular weight is 251 g/mol. The molecule has 1 aliphatic heterocycles. The highest BCUT2D eigenvalue weighted by Gasteiger charge is 2.20. The predicted molar refractivity (Wildman–Crippen MR) is 72.7 cm³/mol. The van der Waals surface area contributed by atoms with Crippen LogP contribution in [0.2, 0.25) is 0 Å². The smallest absolute Gasteiger partial charge is 0.194 e. The van der Waals surface area contributed by atoms with E-state index in [2.05, 4.69) is 22.1 Å². The average Bonchev–Trinajstić information content (AvgIpc) is 2.84. The topological polar surface area (TPSA) is 41.3 Å². The summed E-state index contributed by atoms with van der Waals surface area (Å²) in [5.74, 6) is 2.64. The van der Waals surface area contributed by atoms with E-state index in [0.717, 1.165) is 43.5 Å². The van der Waals surface area contributed by atoms with Gasteiger partial charge in [-0.15, -0.1) is 0 Å². The number of hydrogen-bond donors (Lipinski definition) is 1. The van der Waals surface area contributed by atoms with Crippen LogP contribution in [0, 0.1) is 5.92 Å². The molecule has 1 aromatic rings. The molecule has 0 aromatic carbocycles. The standard InChI is InChI=1S/C14H25N3O/c1-3-17-8-4-5-12(11-17)9-14-16-10-13(18-14)6-7-15-2/h10,12,15H,3-9,11H2,1-2H3. The quantitative estimate of drug-likeness (QED) is 0.835. The summed E-state index contributed by atoms with van der Waals surface area (Å²) in [6.07, 6.45) is 6.43. The second kappa shape index (κ2) is 6.90. The van der Waals surface area contributed by atoms with Gasteiger partial charge in [-0.05, 0) is 38.9 Å². The summed E-state index contributed by atoms with van der Waals surface area (Å²) in [6, 6.07) is 0. The second-order valence-electron chi connectivity index (χ2n) is 5.18. The maximum Gasteiger partial charge on any atom is 0.194 e. The Morgan fingerprint density at radius 3 is 3.22 bits per heavy atom. The molecule has 0 spiro atoms. The molecule has 2 rings (SSSR count). The molecule has 0 saturated carbocycles. The molecule has 1 aliphatic rings. The minimum atomic E-state index is 0.717. The molecule has 2 heterocycles. The molecule has 0 bridgehead atoms. The molecule has 1 N–H and O–H groups in total. The lowest BCUT2D eigenvalue weighted by molar-refractivity contribution is 0.176. The number of nitrogens with zero attached hydrogens (tertiary/aromatic N) is 2. The van der Waals surface area contributed by atoms with Gasteiger partial charge >= 0.3 is 0 Å². The van der Waals surface area contributed by atoms with Crippen molar-refractivity contribution in [1.82, 2.24) is 15.2 Å². The fraction of sp³-hybridized carbons (Fsp3) is 0.786. The van der Waals surface area contributed by atoms with Gasteiger partial charge in [-0.3, -0.25) is 0 Å². The number of nitrogens with one attached hydrogen (secondary N) is 1. The molecule has 1 aromatic heterocycles. The summed E-state index contributed by atoms with van der Waals surface area (Å²) in [7, 11) is 1.96. The van der Waals surface area contributed by atoms with Crippen LogP contribution in [0.15, 0.2) is 10.6 Å². The monoisotopic (exact) mass is 251 g/mol. The highest BCUT2D eigenvalue weighted by molar-refractivity contribution is 4.96. The maximum absolute atomic E-state index is 5.79. The molecule has 4 nitrogen and oxygen atoms in total.